The van der Waals surface area contributed by atoms with Crippen LogP contribution in [0, 0.1) is 10.1 Å². The fourth-order valence-electron chi connectivity index (χ4n) is 1.92. The maximum atomic E-state index is 11.5. The van der Waals surface area contributed by atoms with Crippen molar-refractivity contribution in [2.75, 3.05) is 20.3 Å². The Bertz CT molecular complexity index is 549. The van der Waals surface area contributed by atoms with Crippen molar-refractivity contribution in [1.82, 2.24) is 0 Å². The summed E-state index contributed by atoms with van der Waals surface area (Å²) in [4.78, 5) is 21.9. The molecule has 21 heavy (non-hydrogen) atoms. The lowest BCUT2D eigenvalue weighted by Crippen LogP contribution is -2.52. The molecular weight excluding hydrogens is 346 g/mol. The van der Waals surface area contributed by atoms with Crippen LogP contribution in [0.5, 0.6) is 5.75 Å². The molecule has 0 bridgehead atoms. The molecule has 0 heterocycles. The number of carbonyl (C=O) groups is 1. The van der Waals surface area contributed by atoms with E-state index >= 15 is 0 Å². The Balaban J connectivity index is 2.03. The van der Waals surface area contributed by atoms with Crippen molar-refractivity contribution in [2.45, 2.75) is 18.6 Å². The van der Waals surface area contributed by atoms with Crippen molar-refractivity contribution in [1.29, 1.82) is 0 Å². The SMILES string of the molecule is COCCOC1C(=O)CC1Oc1cccc([N+](=O)[O-])c1Br. The molecule has 1 fully saturated rings. The number of hydrogen-bond donors (Lipinski definition) is 0. The lowest BCUT2D eigenvalue weighted by molar-refractivity contribution is -0.385. The van der Waals surface area contributed by atoms with Crippen molar-refractivity contribution >= 4 is 27.4 Å². The second-order valence-electron chi connectivity index (χ2n) is 4.46. The summed E-state index contributed by atoms with van der Waals surface area (Å²) in [6.45, 7) is 0.680. The van der Waals surface area contributed by atoms with Gasteiger partial charge in [-0.15, -0.1) is 0 Å². The summed E-state index contributed by atoms with van der Waals surface area (Å²) in [6.07, 6.45) is -0.855. The molecule has 8 heteroatoms. The number of halogens is 1. The average Bonchev–Trinajstić information content (AvgIpc) is 2.44. The normalized spacial score (nSPS) is 21.0. The Kier molecular flexibility index (Phi) is 5.27. The summed E-state index contributed by atoms with van der Waals surface area (Å²) in [7, 11) is 1.54. The van der Waals surface area contributed by atoms with E-state index in [-0.39, 0.29) is 22.4 Å². The molecule has 2 atom stereocenters. The first-order valence-electron chi connectivity index (χ1n) is 6.27. The van der Waals surface area contributed by atoms with E-state index in [1.165, 1.54) is 12.1 Å². The van der Waals surface area contributed by atoms with Crippen molar-refractivity contribution < 1.29 is 23.9 Å². The van der Waals surface area contributed by atoms with Gasteiger partial charge in [0.05, 0.1) is 18.1 Å². The lowest BCUT2D eigenvalue weighted by Gasteiger charge is -2.34. The van der Waals surface area contributed by atoms with Gasteiger partial charge in [-0.2, -0.15) is 0 Å². The molecule has 0 aliphatic heterocycles. The minimum atomic E-state index is -0.647. The highest BCUT2D eigenvalue weighted by atomic mass is 79.9. The summed E-state index contributed by atoms with van der Waals surface area (Å²) in [5.74, 6) is 0.277. The number of nitrogens with zero attached hydrogens (tertiary/aromatic N) is 1. The number of carbonyl (C=O) groups excluding carboxylic acids is 1. The highest BCUT2D eigenvalue weighted by Gasteiger charge is 2.43. The second-order valence-corrected chi connectivity index (χ2v) is 5.25. The van der Waals surface area contributed by atoms with Crippen LogP contribution in [-0.4, -0.2) is 43.2 Å². The zero-order valence-electron chi connectivity index (χ0n) is 11.3. The number of hydrogen-bond acceptors (Lipinski definition) is 6. The van der Waals surface area contributed by atoms with Gasteiger partial charge < -0.3 is 14.2 Å². The largest absolute Gasteiger partial charge is 0.485 e. The Morgan fingerprint density at radius 3 is 2.81 bits per heavy atom. The number of ether oxygens (including phenoxy) is 3. The van der Waals surface area contributed by atoms with E-state index in [0.29, 0.717) is 19.0 Å². The number of ketones is 1. The van der Waals surface area contributed by atoms with Gasteiger partial charge in [-0.05, 0) is 22.0 Å². The molecule has 2 rings (SSSR count). The molecule has 0 amide bonds. The number of benzene rings is 1. The molecule has 2 unspecified atom stereocenters. The van der Waals surface area contributed by atoms with Crippen LogP contribution in [-0.2, 0) is 14.3 Å². The number of methoxy groups -OCH3 is 1. The van der Waals surface area contributed by atoms with Crippen LogP contribution in [0.2, 0.25) is 0 Å². The molecule has 7 nitrogen and oxygen atoms in total. The molecule has 1 aromatic rings. The van der Waals surface area contributed by atoms with Crippen molar-refractivity contribution in [3.8, 4) is 5.75 Å². The number of rotatable bonds is 7. The van der Waals surface area contributed by atoms with E-state index in [1.807, 2.05) is 0 Å². The fraction of sp³-hybridized carbons (Fsp3) is 0.462. The maximum absolute atomic E-state index is 11.5. The minimum Gasteiger partial charge on any atom is -0.485 e. The van der Waals surface area contributed by atoms with Gasteiger partial charge in [0.1, 0.15) is 16.3 Å². The summed E-state index contributed by atoms with van der Waals surface area (Å²) in [5.41, 5.74) is -0.0880. The monoisotopic (exact) mass is 359 g/mol. The summed E-state index contributed by atoms with van der Waals surface area (Å²) in [6, 6.07) is 4.50. The van der Waals surface area contributed by atoms with Gasteiger partial charge in [-0.3, -0.25) is 14.9 Å². The Labute approximate surface area is 129 Å². The quantitative estimate of drug-likeness (QED) is 0.420. The zero-order chi connectivity index (χ0) is 15.4. The van der Waals surface area contributed by atoms with Gasteiger partial charge in [-0.1, -0.05) is 6.07 Å². The summed E-state index contributed by atoms with van der Waals surface area (Å²) in [5, 5.41) is 10.9. The van der Waals surface area contributed by atoms with Crippen molar-refractivity contribution in [3.05, 3.63) is 32.8 Å². The predicted octanol–water partition coefficient (Wildman–Crippen LogP) is 2.11. The first kappa shape index (κ1) is 15.9. The van der Waals surface area contributed by atoms with E-state index in [1.54, 1.807) is 13.2 Å². The van der Waals surface area contributed by atoms with Crippen molar-refractivity contribution in [3.63, 3.8) is 0 Å². The van der Waals surface area contributed by atoms with Gasteiger partial charge in [0.2, 0.25) is 0 Å². The fourth-order valence-corrected chi connectivity index (χ4v) is 2.43. The van der Waals surface area contributed by atoms with E-state index in [0.717, 1.165) is 0 Å². The Hall–Kier alpha value is -1.51. The molecule has 1 aliphatic rings. The van der Waals surface area contributed by atoms with Gasteiger partial charge in [0.15, 0.2) is 11.9 Å². The lowest BCUT2D eigenvalue weighted by atomic mass is 9.90. The summed E-state index contributed by atoms with van der Waals surface area (Å²) >= 11 is 3.15. The van der Waals surface area contributed by atoms with Gasteiger partial charge >= 0.3 is 0 Å². The molecule has 0 spiro atoms. The predicted molar refractivity (Wildman–Crippen MR) is 76.5 cm³/mol. The molecule has 114 valence electrons. The minimum absolute atomic E-state index is 0.0438. The van der Waals surface area contributed by atoms with Crippen LogP contribution < -0.4 is 4.74 Å². The smallest absolute Gasteiger partial charge is 0.287 e. The van der Waals surface area contributed by atoms with Crippen LogP contribution in [0.4, 0.5) is 5.69 Å². The Morgan fingerprint density at radius 2 is 2.19 bits per heavy atom. The first-order chi connectivity index (χ1) is 10.0. The van der Waals surface area contributed by atoms with Crippen LogP contribution in [0.25, 0.3) is 0 Å². The second kappa shape index (κ2) is 6.97. The van der Waals surface area contributed by atoms with Crippen LogP contribution in [0.15, 0.2) is 22.7 Å². The third-order valence-electron chi connectivity index (χ3n) is 3.06. The molecule has 0 N–H and O–H groups in total. The molecule has 0 saturated heterocycles. The molecular formula is C13H14BrNO6. The van der Waals surface area contributed by atoms with E-state index < -0.39 is 17.1 Å². The standard InChI is InChI=1S/C13H14BrNO6/c1-19-5-6-20-13-9(16)7-11(13)21-10-4-2-3-8(12(10)14)15(17)18/h2-4,11,13H,5-7H2,1H3. The number of Topliss-reactive ketones (excluding diaryl/α,β-unsaturated/α-hetero) is 1. The topological polar surface area (TPSA) is 87.9 Å². The highest BCUT2D eigenvalue weighted by molar-refractivity contribution is 9.10. The van der Waals surface area contributed by atoms with E-state index in [4.69, 9.17) is 14.2 Å². The third kappa shape index (κ3) is 3.58. The van der Waals surface area contributed by atoms with E-state index in [2.05, 4.69) is 15.9 Å². The van der Waals surface area contributed by atoms with Gasteiger partial charge in [0, 0.05) is 19.6 Å². The number of nitro groups is 1. The highest BCUT2D eigenvalue weighted by Crippen LogP contribution is 2.36. The average molecular weight is 360 g/mol. The van der Waals surface area contributed by atoms with Crippen LogP contribution >= 0.6 is 15.9 Å². The maximum Gasteiger partial charge on any atom is 0.287 e. The van der Waals surface area contributed by atoms with E-state index in [9.17, 15) is 14.9 Å². The van der Waals surface area contributed by atoms with Crippen LogP contribution in [0.3, 0.4) is 0 Å². The van der Waals surface area contributed by atoms with Crippen molar-refractivity contribution in [2.24, 2.45) is 0 Å². The number of nitro benzene ring substituents is 1. The molecule has 1 aromatic carbocycles. The third-order valence-corrected chi connectivity index (χ3v) is 3.86. The molecule has 0 radical (unpaired) electrons. The molecule has 1 saturated carbocycles. The van der Waals surface area contributed by atoms with Crippen LogP contribution in [0.1, 0.15) is 6.42 Å². The van der Waals surface area contributed by atoms with Gasteiger partial charge in [-0.25, -0.2) is 0 Å². The van der Waals surface area contributed by atoms with Gasteiger partial charge in [0.25, 0.3) is 5.69 Å². The summed E-state index contributed by atoms with van der Waals surface area (Å²) < 4.78 is 16.1. The molecule has 0 aromatic heterocycles. The molecule has 1 aliphatic carbocycles. The zero-order valence-corrected chi connectivity index (χ0v) is 12.9. The Morgan fingerprint density at radius 1 is 1.43 bits per heavy atom. The first-order valence-corrected chi connectivity index (χ1v) is 7.06.